The fourth-order valence-corrected chi connectivity index (χ4v) is 5.76. The van der Waals surface area contributed by atoms with Crippen LogP contribution < -0.4 is 0 Å². The average Bonchev–Trinajstić information content (AvgIpc) is 3.15. The predicted octanol–water partition coefficient (Wildman–Crippen LogP) is 2.93. The number of hydrogen-bond acceptors (Lipinski definition) is 6. The summed E-state index contributed by atoms with van der Waals surface area (Å²) in [7, 11) is -3.53. The molecule has 0 bridgehead atoms. The van der Waals surface area contributed by atoms with Gasteiger partial charge in [0.2, 0.25) is 15.9 Å². The van der Waals surface area contributed by atoms with E-state index in [1.807, 2.05) is 41.5 Å². The molecule has 7 nitrogen and oxygen atoms in total. The number of aromatic nitrogens is 2. The van der Waals surface area contributed by atoms with E-state index < -0.39 is 10.0 Å². The Morgan fingerprint density at radius 1 is 1.07 bits per heavy atom. The molecule has 0 aliphatic carbocycles. The Bertz CT molecular complexity index is 934. The van der Waals surface area contributed by atoms with Crippen LogP contribution in [-0.2, 0) is 16.4 Å². The van der Waals surface area contributed by atoms with Gasteiger partial charge in [-0.25, -0.2) is 8.42 Å². The van der Waals surface area contributed by atoms with Crippen molar-refractivity contribution in [3.05, 3.63) is 40.0 Å². The van der Waals surface area contributed by atoms with Gasteiger partial charge in [-0.05, 0) is 56.9 Å². The average molecular weight is 407 g/mol. The van der Waals surface area contributed by atoms with E-state index in [0.717, 1.165) is 28.7 Å². The van der Waals surface area contributed by atoms with Gasteiger partial charge in [0.05, 0.1) is 10.9 Å². The van der Waals surface area contributed by atoms with E-state index in [9.17, 15) is 8.42 Å². The molecule has 2 aromatic rings. The van der Waals surface area contributed by atoms with Gasteiger partial charge < -0.3 is 4.52 Å². The summed E-state index contributed by atoms with van der Waals surface area (Å²) in [5.41, 5.74) is 3.71. The maximum absolute atomic E-state index is 13.4. The molecule has 3 rings (SSSR count). The summed E-state index contributed by atoms with van der Waals surface area (Å²) >= 11 is 0. The number of aryl methyl sites for hydroxylation is 3. The predicted molar refractivity (Wildman–Crippen MR) is 108 cm³/mol. The topological polar surface area (TPSA) is 79.5 Å². The summed E-state index contributed by atoms with van der Waals surface area (Å²) in [6.45, 7) is 13.9. The highest BCUT2D eigenvalue weighted by atomic mass is 32.2. The molecule has 1 aliphatic heterocycles. The van der Waals surface area contributed by atoms with Crippen molar-refractivity contribution in [2.45, 2.75) is 58.9 Å². The monoisotopic (exact) mass is 406 g/mol. The Hall–Kier alpha value is -1.77. The van der Waals surface area contributed by atoms with Crippen molar-refractivity contribution in [3.8, 4) is 0 Å². The quantitative estimate of drug-likeness (QED) is 0.760. The van der Waals surface area contributed by atoms with Crippen molar-refractivity contribution in [1.82, 2.24) is 19.3 Å². The zero-order valence-electron chi connectivity index (χ0n) is 17.6. The summed E-state index contributed by atoms with van der Waals surface area (Å²) in [6, 6.07) is 2.03. The van der Waals surface area contributed by atoms with E-state index in [4.69, 9.17) is 4.52 Å². The molecule has 0 unspecified atom stereocenters. The summed E-state index contributed by atoms with van der Waals surface area (Å²) in [6.07, 6.45) is 0.733. The van der Waals surface area contributed by atoms with Gasteiger partial charge in [-0.1, -0.05) is 18.1 Å². The molecule has 1 aromatic carbocycles. The highest BCUT2D eigenvalue weighted by molar-refractivity contribution is 7.89. The maximum atomic E-state index is 13.4. The second-order valence-corrected chi connectivity index (χ2v) is 9.48. The standard InChI is InChI=1S/C20H30N4O3S/c1-7-18-21-20(27-22-18)17(6)23-8-10-24(11-9-23)28(25,26)19-15(4)13(2)12-14(3)16(19)5/h12,17H,7-11H2,1-6H3/t17-/m0/s1. The van der Waals surface area contributed by atoms with Gasteiger partial charge in [0.1, 0.15) is 0 Å². The molecule has 0 radical (unpaired) electrons. The summed E-state index contributed by atoms with van der Waals surface area (Å²) < 4.78 is 33.7. The SMILES string of the molecule is CCc1noc([C@H](C)N2CCN(S(=O)(=O)c3c(C)c(C)cc(C)c3C)CC2)n1. The zero-order valence-corrected chi connectivity index (χ0v) is 18.4. The van der Waals surface area contributed by atoms with Crippen LogP contribution in [-0.4, -0.2) is 53.9 Å². The molecule has 0 saturated carbocycles. The Labute approximate surface area is 167 Å². The van der Waals surface area contributed by atoms with E-state index in [1.165, 1.54) is 0 Å². The van der Waals surface area contributed by atoms with Gasteiger partial charge in [0, 0.05) is 32.6 Å². The third-order valence-electron chi connectivity index (χ3n) is 5.87. The zero-order chi connectivity index (χ0) is 20.6. The summed E-state index contributed by atoms with van der Waals surface area (Å²) in [5.74, 6) is 1.29. The lowest BCUT2D eigenvalue weighted by molar-refractivity contribution is 0.124. The number of rotatable bonds is 5. The van der Waals surface area contributed by atoms with Crippen LogP contribution in [0.15, 0.2) is 15.5 Å². The van der Waals surface area contributed by atoms with Crippen LogP contribution in [0.25, 0.3) is 0 Å². The molecule has 8 heteroatoms. The number of sulfonamides is 1. The first-order valence-electron chi connectivity index (χ1n) is 9.80. The Morgan fingerprint density at radius 3 is 2.14 bits per heavy atom. The van der Waals surface area contributed by atoms with E-state index in [2.05, 4.69) is 21.1 Å². The van der Waals surface area contributed by atoms with Crippen LogP contribution in [0.3, 0.4) is 0 Å². The Kier molecular flexibility index (Phi) is 5.93. The molecule has 1 aromatic heterocycles. The van der Waals surface area contributed by atoms with Crippen LogP contribution >= 0.6 is 0 Å². The third-order valence-corrected chi connectivity index (χ3v) is 8.05. The second kappa shape index (κ2) is 7.93. The molecule has 1 fully saturated rings. The number of benzene rings is 1. The molecule has 1 aliphatic rings. The third kappa shape index (κ3) is 3.73. The lowest BCUT2D eigenvalue weighted by Crippen LogP contribution is -2.49. The van der Waals surface area contributed by atoms with Gasteiger partial charge in [0.25, 0.3) is 0 Å². The van der Waals surface area contributed by atoms with Crippen molar-refractivity contribution < 1.29 is 12.9 Å². The van der Waals surface area contributed by atoms with Crippen molar-refractivity contribution >= 4 is 10.0 Å². The molecule has 2 heterocycles. The molecule has 0 N–H and O–H groups in total. The molecular formula is C20H30N4O3S. The summed E-state index contributed by atoms with van der Waals surface area (Å²) in [5, 5.41) is 3.96. The second-order valence-electron chi connectivity index (χ2n) is 7.61. The number of nitrogens with zero attached hydrogens (tertiary/aromatic N) is 4. The van der Waals surface area contributed by atoms with Crippen molar-refractivity contribution in [3.63, 3.8) is 0 Å². The summed E-state index contributed by atoms with van der Waals surface area (Å²) in [4.78, 5) is 7.07. The van der Waals surface area contributed by atoms with Crippen molar-refractivity contribution in [2.75, 3.05) is 26.2 Å². The van der Waals surface area contributed by atoms with Crippen molar-refractivity contribution in [1.29, 1.82) is 0 Å². The number of piperazine rings is 1. The molecule has 154 valence electrons. The first-order chi connectivity index (χ1) is 13.2. The lowest BCUT2D eigenvalue weighted by Gasteiger charge is -2.36. The van der Waals surface area contributed by atoms with Crippen LogP contribution in [0.2, 0.25) is 0 Å². The van der Waals surface area contributed by atoms with Crippen LogP contribution in [0.5, 0.6) is 0 Å². The fourth-order valence-electron chi connectivity index (χ4n) is 3.76. The van der Waals surface area contributed by atoms with Gasteiger partial charge in [0.15, 0.2) is 5.82 Å². The molecule has 28 heavy (non-hydrogen) atoms. The van der Waals surface area contributed by atoms with E-state index in [0.29, 0.717) is 42.8 Å². The highest BCUT2D eigenvalue weighted by Gasteiger charge is 2.34. The van der Waals surface area contributed by atoms with Gasteiger partial charge >= 0.3 is 0 Å². The first kappa shape index (κ1) is 21.0. The van der Waals surface area contributed by atoms with Crippen LogP contribution in [0.1, 0.15) is 53.9 Å². The largest absolute Gasteiger partial charge is 0.338 e. The number of hydrogen-bond donors (Lipinski definition) is 0. The van der Waals surface area contributed by atoms with E-state index >= 15 is 0 Å². The molecule has 0 amide bonds. The minimum Gasteiger partial charge on any atom is -0.338 e. The van der Waals surface area contributed by atoms with E-state index in [-0.39, 0.29) is 6.04 Å². The molecule has 1 saturated heterocycles. The van der Waals surface area contributed by atoms with Gasteiger partial charge in [-0.3, -0.25) is 4.90 Å². The molecule has 1 atom stereocenters. The minimum absolute atomic E-state index is 0.0256. The highest BCUT2D eigenvalue weighted by Crippen LogP contribution is 2.30. The Balaban J connectivity index is 1.77. The van der Waals surface area contributed by atoms with E-state index in [1.54, 1.807) is 4.31 Å². The first-order valence-corrected chi connectivity index (χ1v) is 11.2. The van der Waals surface area contributed by atoms with Gasteiger partial charge in [-0.2, -0.15) is 9.29 Å². The van der Waals surface area contributed by atoms with Crippen LogP contribution in [0, 0.1) is 27.7 Å². The molecule has 0 spiro atoms. The normalized spacial score (nSPS) is 17.8. The molecular weight excluding hydrogens is 376 g/mol. The van der Waals surface area contributed by atoms with Crippen molar-refractivity contribution in [2.24, 2.45) is 0 Å². The lowest BCUT2D eigenvalue weighted by atomic mass is 10.0. The van der Waals surface area contributed by atoms with Crippen LogP contribution in [0.4, 0.5) is 0 Å². The fraction of sp³-hybridized carbons (Fsp3) is 0.600. The Morgan fingerprint density at radius 2 is 1.64 bits per heavy atom. The minimum atomic E-state index is -3.53. The smallest absolute Gasteiger partial charge is 0.243 e. The maximum Gasteiger partial charge on any atom is 0.243 e. The van der Waals surface area contributed by atoms with Gasteiger partial charge in [-0.15, -0.1) is 0 Å².